The lowest BCUT2D eigenvalue weighted by molar-refractivity contribution is -0.117. The van der Waals surface area contributed by atoms with Crippen molar-refractivity contribution in [3.8, 4) is 0 Å². The van der Waals surface area contributed by atoms with Gasteiger partial charge in [0.1, 0.15) is 0 Å². The van der Waals surface area contributed by atoms with Gasteiger partial charge in [-0.3, -0.25) is 14.4 Å². The summed E-state index contributed by atoms with van der Waals surface area (Å²) in [6, 6.07) is 13.9. The molecule has 2 N–H and O–H groups in total. The quantitative estimate of drug-likeness (QED) is 0.698. The molecule has 2 aromatic rings. The van der Waals surface area contributed by atoms with Gasteiger partial charge in [-0.05, 0) is 61.4 Å². The van der Waals surface area contributed by atoms with E-state index in [9.17, 15) is 14.4 Å². The smallest absolute Gasteiger partial charge is 0.251 e. The number of nitrogens with one attached hydrogen (secondary N) is 2. The molecule has 1 fully saturated rings. The van der Waals surface area contributed by atoms with Crippen molar-refractivity contribution in [3.05, 3.63) is 59.1 Å². The predicted octanol–water partition coefficient (Wildman–Crippen LogP) is 3.62. The lowest BCUT2D eigenvalue weighted by Gasteiger charge is -2.16. The largest absolute Gasteiger partial charge is 0.352 e. The molecular formula is C21H22ClN3O3. The summed E-state index contributed by atoms with van der Waals surface area (Å²) < 4.78 is 0. The van der Waals surface area contributed by atoms with E-state index in [4.69, 9.17) is 11.6 Å². The van der Waals surface area contributed by atoms with Crippen LogP contribution < -0.4 is 15.5 Å². The van der Waals surface area contributed by atoms with Crippen LogP contribution in [0.15, 0.2) is 48.5 Å². The van der Waals surface area contributed by atoms with E-state index in [1.54, 1.807) is 41.3 Å². The Bertz CT molecular complexity index is 850. The topological polar surface area (TPSA) is 78.5 Å². The highest BCUT2D eigenvalue weighted by molar-refractivity contribution is 6.30. The van der Waals surface area contributed by atoms with Crippen molar-refractivity contribution >= 4 is 40.7 Å². The highest BCUT2D eigenvalue weighted by Crippen LogP contribution is 2.23. The zero-order chi connectivity index (χ0) is 19.9. The molecule has 3 rings (SSSR count). The van der Waals surface area contributed by atoms with Crippen LogP contribution in [-0.4, -0.2) is 30.8 Å². The molecule has 146 valence electrons. The molecule has 0 radical (unpaired) electrons. The van der Waals surface area contributed by atoms with Gasteiger partial charge in [0.2, 0.25) is 11.8 Å². The first-order chi connectivity index (χ1) is 13.5. The van der Waals surface area contributed by atoms with Crippen LogP contribution in [0.5, 0.6) is 0 Å². The number of benzene rings is 2. The summed E-state index contributed by atoms with van der Waals surface area (Å²) >= 11 is 5.80. The highest BCUT2D eigenvalue weighted by Gasteiger charge is 2.21. The zero-order valence-electron chi connectivity index (χ0n) is 15.4. The number of halogens is 1. The van der Waals surface area contributed by atoms with Crippen LogP contribution >= 0.6 is 11.6 Å². The van der Waals surface area contributed by atoms with Gasteiger partial charge >= 0.3 is 0 Å². The van der Waals surface area contributed by atoms with Gasteiger partial charge < -0.3 is 15.5 Å². The number of hydrogen-bond donors (Lipinski definition) is 2. The standard InChI is InChI=1S/C21H22ClN3O3/c22-16-7-5-15(6-8-16)21(28)23-13-1-3-19(26)24-17-9-11-18(12-10-17)25-14-2-4-20(25)27/h5-12H,1-4,13-14H2,(H,23,28)(H,24,26). The first-order valence-corrected chi connectivity index (χ1v) is 9.65. The summed E-state index contributed by atoms with van der Waals surface area (Å²) in [5.41, 5.74) is 2.07. The molecule has 1 aliphatic heterocycles. The van der Waals surface area contributed by atoms with Crippen molar-refractivity contribution in [2.75, 3.05) is 23.3 Å². The fraction of sp³-hybridized carbons (Fsp3) is 0.286. The molecule has 0 unspecified atom stereocenters. The van der Waals surface area contributed by atoms with E-state index in [0.717, 1.165) is 18.7 Å². The molecule has 28 heavy (non-hydrogen) atoms. The SMILES string of the molecule is O=C(CCCNC(=O)c1ccc(Cl)cc1)Nc1ccc(N2CCCC2=O)cc1. The van der Waals surface area contributed by atoms with Gasteiger partial charge in [-0.25, -0.2) is 0 Å². The fourth-order valence-corrected chi connectivity index (χ4v) is 3.15. The fourth-order valence-electron chi connectivity index (χ4n) is 3.02. The molecule has 0 saturated carbocycles. The molecular weight excluding hydrogens is 378 g/mol. The minimum atomic E-state index is -0.191. The first kappa shape index (κ1) is 19.9. The van der Waals surface area contributed by atoms with E-state index in [0.29, 0.717) is 42.1 Å². The number of hydrogen-bond acceptors (Lipinski definition) is 3. The van der Waals surface area contributed by atoms with E-state index in [-0.39, 0.29) is 17.7 Å². The normalized spacial score (nSPS) is 13.5. The van der Waals surface area contributed by atoms with E-state index in [1.807, 2.05) is 12.1 Å². The van der Waals surface area contributed by atoms with Crippen molar-refractivity contribution in [1.29, 1.82) is 0 Å². The van der Waals surface area contributed by atoms with E-state index < -0.39 is 0 Å². The summed E-state index contributed by atoms with van der Waals surface area (Å²) in [6.07, 6.45) is 2.30. The van der Waals surface area contributed by atoms with Crippen molar-refractivity contribution in [1.82, 2.24) is 5.32 Å². The minimum absolute atomic E-state index is 0.120. The van der Waals surface area contributed by atoms with Gasteiger partial charge in [0.05, 0.1) is 0 Å². The van der Waals surface area contributed by atoms with Gasteiger partial charge in [0, 0.05) is 47.9 Å². The molecule has 6 nitrogen and oxygen atoms in total. The second kappa shape index (κ2) is 9.37. The van der Waals surface area contributed by atoms with E-state index in [2.05, 4.69) is 10.6 Å². The molecule has 0 spiro atoms. The Labute approximate surface area is 168 Å². The highest BCUT2D eigenvalue weighted by atomic mass is 35.5. The van der Waals surface area contributed by atoms with Crippen molar-refractivity contribution in [3.63, 3.8) is 0 Å². The monoisotopic (exact) mass is 399 g/mol. The molecule has 0 aromatic heterocycles. The molecule has 0 bridgehead atoms. The van der Waals surface area contributed by atoms with Gasteiger partial charge in [0.25, 0.3) is 5.91 Å². The Morgan fingerprint density at radius 3 is 2.39 bits per heavy atom. The van der Waals surface area contributed by atoms with Crippen LogP contribution in [0.1, 0.15) is 36.0 Å². The third-order valence-electron chi connectivity index (χ3n) is 4.51. The van der Waals surface area contributed by atoms with Crippen molar-refractivity contribution < 1.29 is 14.4 Å². The summed E-state index contributed by atoms with van der Waals surface area (Å²) in [4.78, 5) is 37.5. The maximum absolute atomic E-state index is 12.1. The second-order valence-corrected chi connectivity index (χ2v) is 7.05. The first-order valence-electron chi connectivity index (χ1n) is 9.27. The zero-order valence-corrected chi connectivity index (χ0v) is 16.2. The molecule has 1 saturated heterocycles. The number of carbonyl (C=O) groups excluding carboxylic acids is 3. The Kier molecular flexibility index (Phi) is 6.66. The van der Waals surface area contributed by atoms with Crippen LogP contribution in [0.3, 0.4) is 0 Å². The summed E-state index contributed by atoms with van der Waals surface area (Å²) in [6.45, 7) is 1.15. The number of anilines is 2. The Morgan fingerprint density at radius 1 is 1.04 bits per heavy atom. The van der Waals surface area contributed by atoms with Crippen LogP contribution in [-0.2, 0) is 9.59 Å². The molecule has 0 aliphatic carbocycles. The van der Waals surface area contributed by atoms with Crippen LogP contribution in [0, 0.1) is 0 Å². The van der Waals surface area contributed by atoms with Crippen LogP contribution in [0.2, 0.25) is 5.02 Å². The van der Waals surface area contributed by atoms with E-state index >= 15 is 0 Å². The van der Waals surface area contributed by atoms with Gasteiger partial charge in [0.15, 0.2) is 0 Å². The maximum Gasteiger partial charge on any atom is 0.251 e. The number of amides is 3. The van der Waals surface area contributed by atoms with Gasteiger partial charge in [-0.15, -0.1) is 0 Å². The third-order valence-corrected chi connectivity index (χ3v) is 4.76. The summed E-state index contributed by atoms with van der Waals surface area (Å²) in [7, 11) is 0. The Morgan fingerprint density at radius 2 is 1.75 bits per heavy atom. The summed E-state index contributed by atoms with van der Waals surface area (Å²) in [5, 5.41) is 6.19. The number of rotatable bonds is 7. The lowest BCUT2D eigenvalue weighted by atomic mass is 10.2. The Balaban J connectivity index is 1.39. The third kappa shape index (κ3) is 5.33. The van der Waals surface area contributed by atoms with Crippen molar-refractivity contribution in [2.24, 2.45) is 0 Å². The number of nitrogens with zero attached hydrogens (tertiary/aromatic N) is 1. The second-order valence-electron chi connectivity index (χ2n) is 6.61. The van der Waals surface area contributed by atoms with E-state index in [1.165, 1.54) is 0 Å². The van der Waals surface area contributed by atoms with Crippen molar-refractivity contribution in [2.45, 2.75) is 25.7 Å². The van der Waals surface area contributed by atoms with Crippen LogP contribution in [0.4, 0.5) is 11.4 Å². The van der Waals surface area contributed by atoms with Gasteiger partial charge in [-0.1, -0.05) is 11.6 Å². The molecule has 1 aliphatic rings. The predicted molar refractivity (Wildman–Crippen MR) is 110 cm³/mol. The molecule has 0 atom stereocenters. The molecule has 3 amide bonds. The van der Waals surface area contributed by atoms with Crippen LogP contribution in [0.25, 0.3) is 0 Å². The molecule has 7 heteroatoms. The van der Waals surface area contributed by atoms with Gasteiger partial charge in [-0.2, -0.15) is 0 Å². The maximum atomic E-state index is 12.1. The molecule has 2 aromatic carbocycles. The Hall–Kier alpha value is -2.86. The lowest BCUT2D eigenvalue weighted by Crippen LogP contribution is -2.25. The summed E-state index contributed by atoms with van der Waals surface area (Å²) in [5.74, 6) is -0.174. The number of carbonyl (C=O) groups is 3. The average Bonchev–Trinajstić information content (AvgIpc) is 3.12. The molecule has 1 heterocycles. The average molecular weight is 400 g/mol. The minimum Gasteiger partial charge on any atom is -0.352 e.